The van der Waals surface area contributed by atoms with Crippen molar-refractivity contribution in [1.29, 1.82) is 0 Å². The van der Waals surface area contributed by atoms with Crippen molar-refractivity contribution in [3.8, 4) is 0 Å². The summed E-state index contributed by atoms with van der Waals surface area (Å²) in [6, 6.07) is 0.616. The van der Waals surface area contributed by atoms with Crippen LogP contribution in [0.2, 0.25) is 0 Å². The van der Waals surface area contributed by atoms with Crippen molar-refractivity contribution >= 4 is 6.01 Å². The van der Waals surface area contributed by atoms with Gasteiger partial charge in [-0.1, -0.05) is 0 Å². The molecule has 0 aliphatic carbocycles. The van der Waals surface area contributed by atoms with E-state index < -0.39 is 0 Å². The van der Waals surface area contributed by atoms with Crippen LogP contribution in [0.1, 0.15) is 12.6 Å². The van der Waals surface area contributed by atoms with Gasteiger partial charge in [-0.15, -0.1) is 0 Å². The Kier molecular flexibility index (Phi) is 4.42. The van der Waals surface area contributed by atoms with E-state index in [2.05, 4.69) is 4.98 Å². The minimum atomic E-state index is 0.408. The summed E-state index contributed by atoms with van der Waals surface area (Å²) in [6.45, 7) is 4.73. The summed E-state index contributed by atoms with van der Waals surface area (Å²) in [4.78, 5) is 6.23. The van der Waals surface area contributed by atoms with Crippen LogP contribution in [0, 0.1) is 0 Å². The summed E-state index contributed by atoms with van der Waals surface area (Å²) in [5, 5.41) is 0. The molecule has 80 valence electrons. The van der Waals surface area contributed by atoms with Crippen LogP contribution in [0.25, 0.3) is 0 Å². The quantitative estimate of drug-likeness (QED) is 0.727. The number of hydrogen-bond donors (Lipinski definition) is 1. The predicted molar refractivity (Wildman–Crippen MR) is 54.2 cm³/mol. The highest BCUT2D eigenvalue weighted by Gasteiger charge is 2.09. The van der Waals surface area contributed by atoms with Gasteiger partial charge in [-0.25, -0.2) is 0 Å². The van der Waals surface area contributed by atoms with Crippen molar-refractivity contribution in [2.24, 2.45) is 5.73 Å². The Morgan fingerprint density at radius 1 is 1.64 bits per heavy atom. The fraction of sp³-hybridized carbons (Fsp3) is 0.667. The fourth-order valence-corrected chi connectivity index (χ4v) is 1.13. The summed E-state index contributed by atoms with van der Waals surface area (Å²) in [5.41, 5.74) is 6.21. The third-order valence-electron chi connectivity index (χ3n) is 1.97. The van der Waals surface area contributed by atoms with Gasteiger partial charge in [0.25, 0.3) is 6.01 Å². The average Bonchev–Trinajstić information content (AvgIpc) is 2.68. The molecule has 0 saturated carbocycles. The molecule has 0 atom stereocenters. The zero-order valence-electron chi connectivity index (χ0n) is 8.69. The van der Waals surface area contributed by atoms with Gasteiger partial charge in [0.2, 0.25) is 0 Å². The first-order valence-electron chi connectivity index (χ1n) is 4.70. The van der Waals surface area contributed by atoms with Crippen molar-refractivity contribution < 1.29 is 9.15 Å². The summed E-state index contributed by atoms with van der Waals surface area (Å²) in [6.07, 6.45) is 1.59. The molecule has 1 heterocycles. The molecule has 0 radical (unpaired) electrons. The van der Waals surface area contributed by atoms with Crippen LogP contribution in [0.5, 0.6) is 0 Å². The molecule has 0 aliphatic rings. The SMILES string of the molecule is CCN(CCOC)c1nc(CN)co1. The van der Waals surface area contributed by atoms with Crippen molar-refractivity contribution in [2.45, 2.75) is 13.5 Å². The summed E-state index contributed by atoms with van der Waals surface area (Å²) in [5.74, 6) is 0. The van der Waals surface area contributed by atoms with Gasteiger partial charge in [0.05, 0.1) is 12.3 Å². The van der Waals surface area contributed by atoms with Gasteiger partial charge in [-0.05, 0) is 6.92 Å². The van der Waals surface area contributed by atoms with Gasteiger partial charge >= 0.3 is 0 Å². The van der Waals surface area contributed by atoms with E-state index >= 15 is 0 Å². The van der Waals surface area contributed by atoms with Crippen LogP contribution in [0.3, 0.4) is 0 Å². The van der Waals surface area contributed by atoms with Crippen LogP contribution < -0.4 is 10.6 Å². The van der Waals surface area contributed by atoms with E-state index in [4.69, 9.17) is 14.9 Å². The Bertz CT molecular complexity index is 262. The standard InChI is InChI=1S/C9H17N3O2/c1-3-12(4-5-13-2)9-11-8(6-10)7-14-9/h7H,3-6,10H2,1-2H3. The highest BCUT2D eigenvalue weighted by Crippen LogP contribution is 2.12. The molecule has 0 bridgehead atoms. The predicted octanol–water partition coefficient (Wildman–Crippen LogP) is 0.606. The maximum Gasteiger partial charge on any atom is 0.297 e. The Morgan fingerprint density at radius 2 is 2.43 bits per heavy atom. The molecular formula is C9H17N3O2. The molecule has 0 unspecified atom stereocenters. The Labute approximate surface area is 83.8 Å². The topological polar surface area (TPSA) is 64.5 Å². The monoisotopic (exact) mass is 199 g/mol. The smallest absolute Gasteiger partial charge is 0.297 e. The second kappa shape index (κ2) is 5.62. The minimum absolute atomic E-state index is 0.408. The van der Waals surface area contributed by atoms with E-state index in [1.54, 1.807) is 13.4 Å². The highest BCUT2D eigenvalue weighted by atomic mass is 16.5. The van der Waals surface area contributed by atoms with Crippen LogP contribution in [0.4, 0.5) is 6.01 Å². The number of likely N-dealkylation sites (N-methyl/N-ethyl adjacent to an activating group) is 1. The van der Waals surface area contributed by atoms with E-state index in [0.29, 0.717) is 19.2 Å². The number of nitrogens with zero attached hydrogens (tertiary/aromatic N) is 2. The van der Waals surface area contributed by atoms with Crippen molar-refractivity contribution in [1.82, 2.24) is 4.98 Å². The number of anilines is 1. The number of rotatable bonds is 6. The Balaban J connectivity index is 2.58. The van der Waals surface area contributed by atoms with Gasteiger partial charge in [0, 0.05) is 26.7 Å². The average molecular weight is 199 g/mol. The van der Waals surface area contributed by atoms with E-state index in [1.165, 1.54) is 0 Å². The third-order valence-corrected chi connectivity index (χ3v) is 1.97. The lowest BCUT2D eigenvalue weighted by Gasteiger charge is -2.17. The number of aromatic nitrogens is 1. The molecule has 0 saturated heterocycles. The minimum Gasteiger partial charge on any atom is -0.432 e. The second-order valence-electron chi connectivity index (χ2n) is 2.90. The molecule has 5 nitrogen and oxygen atoms in total. The zero-order chi connectivity index (χ0) is 10.4. The van der Waals surface area contributed by atoms with Gasteiger partial charge < -0.3 is 19.8 Å². The molecule has 1 rings (SSSR count). The summed E-state index contributed by atoms with van der Waals surface area (Å²) < 4.78 is 10.3. The number of oxazole rings is 1. The van der Waals surface area contributed by atoms with E-state index in [0.717, 1.165) is 18.8 Å². The first-order chi connectivity index (χ1) is 6.81. The second-order valence-corrected chi connectivity index (χ2v) is 2.90. The number of ether oxygens (including phenoxy) is 1. The van der Waals surface area contributed by atoms with Crippen molar-refractivity contribution in [3.63, 3.8) is 0 Å². The van der Waals surface area contributed by atoms with Crippen LogP contribution in [0.15, 0.2) is 10.7 Å². The molecule has 1 aromatic rings. The zero-order valence-corrected chi connectivity index (χ0v) is 8.69. The highest BCUT2D eigenvalue weighted by molar-refractivity contribution is 5.26. The molecule has 2 N–H and O–H groups in total. The maximum atomic E-state index is 5.44. The summed E-state index contributed by atoms with van der Waals surface area (Å²) in [7, 11) is 1.68. The molecule has 1 aromatic heterocycles. The van der Waals surface area contributed by atoms with Gasteiger partial charge in [0.1, 0.15) is 6.26 Å². The van der Waals surface area contributed by atoms with E-state index in [9.17, 15) is 0 Å². The first kappa shape index (κ1) is 11.0. The molecule has 0 aromatic carbocycles. The number of nitrogens with two attached hydrogens (primary N) is 1. The molecule has 0 fully saturated rings. The lowest BCUT2D eigenvalue weighted by Crippen LogP contribution is -2.27. The molecular weight excluding hydrogens is 182 g/mol. The van der Waals surface area contributed by atoms with E-state index in [1.807, 2.05) is 11.8 Å². The normalized spacial score (nSPS) is 10.5. The van der Waals surface area contributed by atoms with Crippen molar-refractivity contribution in [3.05, 3.63) is 12.0 Å². The lowest BCUT2D eigenvalue weighted by atomic mass is 10.5. The number of methoxy groups -OCH3 is 1. The molecule has 0 aliphatic heterocycles. The van der Waals surface area contributed by atoms with Crippen LogP contribution >= 0.6 is 0 Å². The van der Waals surface area contributed by atoms with E-state index in [-0.39, 0.29) is 0 Å². The van der Waals surface area contributed by atoms with Gasteiger partial charge in [-0.3, -0.25) is 0 Å². The third kappa shape index (κ3) is 2.71. The largest absolute Gasteiger partial charge is 0.432 e. The first-order valence-corrected chi connectivity index (χ1v) is 4.70. The Morgan fingerprint density at radius 3 is 2.93 bits per heavy atom. The molecule has 0 spiro atoms. The Hall–Kier alpha value is -1.07. The van der Waals surface area contributed by atoms with Gasteiger partial charge in [0.15, 0.2) is 0 Å². The maximum absolute atomic E-state index is 5.44. The fourth-order valence-electron chi connectivity index (χ4n) is 1.13. The van der Waals surface area contributed by atoms with Gasteiger partial charge in [-0.2, -0.15) is 4.98 Å². The summed E-state index contributed by atoms with van der Waals surface area (Å²) >= 11 is 0. The number of hydrogen-bond acceptors (Lipinski definition) is 5. The van der Waals surface area contributed by atoms with Crippen molar-refractivity contribution in [2.75, 3.05) is 31.7 Å². The van der Waals surface area contributed by atoms with Crippen LogP contribution in [-0.4, -0.2) is 31.8 Å². The molecule has 5 heteroatoms. The van der Waals surface area contributed by atoms with Crippen LogP contribution in [-0.2, 0) is 11.3 Å². The molecule has 14 heavy (non-hydrogen) atoms. The lowest BCUT2D eigenvalue weighted by molar-refractivity contribution is 0.204. The molecule has 0 amide bonds.